The highest BCUT2D eigenvalue weighted by Crippen LogP contribution is 2.32. The second-order valence-corrected chi connectivity index (χ2v) is 4.94. The second kappa shape index (κ2) is 6.48. The molecular weight excluding hydrogens is 268 g/mol. The third-order valence-corrected chi connectivity index (χ3v) is 3.59. The summed E-state index contributed by atoms with van der Waals surface area (Å²) in [5.74, 6) is 0.797. The maximum Gasteiger partial charge on any atom is 0.341 e. The van der Waals surface area contributed by atoms with E-state index in [4.69, 9.17) is 13.9 Å². The van der Waals surface area contributed by atoms with Crippen LogP contribution in [0.3, 0.4) is 0 Å². The highest BCUT2D eigenvalue weighted by Gasteiger charge is 2.19. The minimum absolute atomic E-state index is 0.332. The Morgan fingerprint density at radius 3 is 2.76 bits per heavy atom. The molecule has 4 nitrogen and oxygen atoms in total. The zero-order valence-corrected chi connectivity index (χ0v) is 12.8. The number of benzene rings is 1. The van der Waals surface area contributed by atoms with Crippen molar-refractivity contribution in [1.29, 1.82) is 0 Å². The van der Waals surface area contributed by atoms with Gasteiger partial charge < -0.3 is 13.9 Å². The minimum atomic E-state index is -0.453. The molecule has 0 aliphatic rings. The van der Waals surface area contributed by atoms with E-state index in [9.17, 15) is 4.79 Å². The summed E-state index contributed by atoms with van der Waals surface area (Å²) in [6.45, 7) is 4.23. The fraction of sp³-hybridized carbons (Fsp3) is 0.353. The van der Waals surface area contributed by atoms with Crippen LogP contribution in [0.4, 0.5) is 0 Å². The van der Waals surface area contributed by atoms with Crippen molar-refractivity contribution >= 4 is 22.5 Å². The molecule has 1 unspecified atom stereocenters. The SMILES string of the molecule is CCC(C)c1cc2cccc(/C(=C\OC)C(=O)OC)c2o1. The summed E-state index contributed by atoms with van der Waals surface area (Å²) in [4.78, 5) is 11.9. The molecule has 0 aliphatic carbocycles. The van der Waals surface area contributed by atoms with Crippen LogP contribution in [0, 0.1) is 0 Å². The Labute approximate surface area is 124 Å². The smallest absolute Gasteiger partial charge is 0.341 e. The average Bonchev–Trinajstić information content (AvgIpc) is 2.95. The molecule has 1 aromatic heterocycles. The van der Waals surface area contributed by atoms with Crippen LogP contribution in [0.1, 0.15) is 37.5 Å². The van der Waals surface area contributed by atoms with Crippen molar-refractivity contribution in [1.82, 2.24) is 0 Å². The molecule has 21 heavy (non-hydrogen) atoms. The van der Waals surface area contributed by atoms with Crippen molar-refractivity contribution in [3.8, 4) is 0 Å². The van der Waals surface area contributed by atoms with Crippen molar-refractivity contribution in [3.63, 3.8) is 0 Å². The molecule has 0 radical (unpaired) electrons. The van der Waals surface area contributed by atoms with Crippen LogP contribution >= 0.6 is 0 Å². The van der Waals surface area contributed by atoms with Crippen LogP contribution in [0.15, 0.2) is 34.9 Å². The number of fused-ring (bicyclic) bond motifs is 1. The van der Waals surface area contributed by atoms with Gasteiger partial charge in [-0.1, -0.05) is 32.0 Å². The Kier molecular flexibility index (Phi) is 4.68. The number of ether oxygens (including phenoxy) is 2. The molecule has 0 fully saturated rings. The van der Waals surface area contributed by atoms with Gasteiger partial charge in [-0.2, -0.15) is 0 Å². The Morgan fingerprint density at radius 2 is 2.14 bits per heavy atom. The van der Waals surface area contributed by atoms with Gasteiger partial charge in [0.15, 0.2) is 0 Å². The Balaban J connectivity index is 2.60. The van der Waals surface area contributed by atoms with E-state index >= 15 is 0 Å². The highest BCUT2D eigenvalue weighted by atomic mass is 16.5. The van der Waals surface area contributed by atoms with E-state index in [0.29, 0.717) is 22.6 Å². The molecule has 0 spiro atoms. The molecule has 1 atom stereocenters. The zero-order valence-electron chi connectivity index (χ0n) is 12.8. The lowest BCUT2D eigenvalue weighted by molar-refractivity contribution is -0.133. The normalized spacial score (nSPS) is 13.2. The molecule has 0 aliphatic heterocycles. The number of hydrogen-bond acceptors (Lipinski definition) is 4. The second-order valence-electron chi connectivity index (χ2n) is 4.94. The van der Waals surface area contributed by atoms with Gasteiger partial charge in [0.25, 0.3) is 0 Å². The summed E-state index contributed by atoms with van der Waals surface area (Å²) in [5, 5.41) is 0.966. The molecule has 1 aromatic carbocycles. The van der Waals surface area contributed by atoms with E-state index in [0.717, 1.165) is 17.6 Å². The van der Waals surface area contributed by atoms with Gasteiger partial charge in [-0.05, 0) is 12.5 Å². The number of rotatable bonds is 5. The summed E-state index contributed by atoms with van der Waals surface area (Å²) >= 11 is 0. The minimum Gasteiger partial charge on any atom is -0.503 e. The van der Waals surface area contributed by atoms with Gasteiger partial charge in [0, 0.05) is 16.9 Å². The van der Waals surface area contributed by atoms with Gasteiger partial charge in [-0.3, -0.25) is 0 Å². The van der Waals surface area contributed by atoms with Crippen molar-refractivity contribution in [2.75, 3.05) is 14.2 Å². The molecule has 4 heteroatoms. The third-order valence-electron chi connectivity index (χ3n) is 3.59. The van der Waals surface area contributed by atoms with E-state index in [-0.39, 0.29) is 0 Å². The summed E-state index contributed by atoms with van der Waals surface area (Å²) in [7, 11) is 2.84. The first-order valence-corrected chi connectivity index (χ1v) is 6.96. The third kappa shape index (κ3) is 2.94. The maximum absolute atomic E-state index is 11.9. The molecule has 0 bridgehead atoms. The van der Waals surface area contributed by atoms with Gasteiger partial charge >= 0.3 is 5.97 Å². The Bertz CT molecular complexity index is 666. The molecule has 0 saturated heterocycles. The van der Waals surface area contributed by atoms with Crippen molar-refractivity contribution in [2.45, 2.75) is 26.2 Å². The molecule has 2 rings (SSSR count). The largest absolute Gasteiger partial charge is 0.503 e. The first-order chi connectivity index (χ1) is 10.1. The standard InChI is InChI=1S/C17H20O4/c1-5-11(2)15-9-12-7-6-8-13(16(12)21-15)14(10-19-3)17(18)20-4/h6-11H,5H2,1-4H3/b14-10+. The number of para-hydroxylation sites is 1. The van der Waals surface area contributed by atoms with Gasteiger partial charge in [0.05, 0.1) is 20.5 Å². The topological polar surface area (TPSA) is 48.7 Å². The predicted octanol–water partition coefficient (Wildman–Crippen LogP) is 4.11. The first-order valence-electron chi connectivity index (χ1n) is 6.96. The molecule has 1 heterocycles. The highest BCUT2D eigenvalue weighted by molar-refractivity contribution is 6.19. The number of carbonyl (C=O) groups excluding carboxylic acids is 1. The summed E-state index contributed by atoms with van der Waals surface area (Å²) in [5.41, 5.74) is 1.70. The number of hydrogen-bond donors (Lipinski definition) is 0. The fourth-order valence-electron chi connectivity index (χ4n) is 2.19. The molecular formula is C17H20O4. The van der Waals surface area contributed by atoms with Crippen LogP contribution in [0.5, 0.6) is 0 Å². The van der Waals surface area contributed by atoms with E-state index in [1.54, 1.807) is 0 Å². The Hall–Kier alpha value is -2.23. The van der Waals surface area contributed by atoms with E-state index in [2.05, 4.69) is 13.8 Å². The maximum atomic E-state index is 11.9. The fourth-order valence-corrected chi connectivity index (χ4v) is 2.19. The zero-order chi connectivity index (χ0) is 15.4. The van der Waals surface area contributed by atoms with Crippen LogP contribution in [-0.2, 0) is 14.3 Å². The summed E-state index contributed by atoms with van der Waals surface area (Å²) < 4.78 is 15.8. The van der Waals surface area contributed by atoms with Crippen molar-refractivity contribution in [2.24, 2.45) is 0 Å². The monoisotopic (exact) mass is 288 g/mol. The molecule has 0 saturated carbocycles. The van der Waals surface area contributed by atoms with E-state index in [1.807, 2.05) is 24.3 Å². The van der Waals surface area contributed by atoms with Gasteiger partial charge in [0.1, 0.15) is 16.9 Å². The lowest BCUT2D eigenvalue weighted by atomic mass is 10.0. The van der Waals surface area contributed by atoms with E-state index < -0.39 is 5.97 Å². The number of esters is 1. The quantitative estimate of drug-likeness (QED) is 0.472. The summed E-state index contributed by atoms with van der Waals surface area (Å²) in [6, 6.07) is 7.71. The van der Waals surface area contributed by atoms with Crippen LogP contribution in [-0.4, -0.2) is 20.2 Å². The predicted molar refractivity (Wildman–Crippen MR) is 81.9 cm³/mol. The van der Waals surface area contributed by atoms with Gasteiger partial charge in [-0.15, -0.1) is 0 Å². The lowest BCUT2D eigenvalue weighted by Gasteiger charge is -2.06. The number of methoxy groups -OCH3 is 2. The van der Waals surface area contributed by atoms with Crippen molar-refractivity contribution in [3.05, 3.63) is 41.9 Å². The number of furan rings is 1. The number of carbonyl (C=O) groups is 1. The first kappa shape index (κ1) is 15.2. The van der Waals surface area contributed by atoms with Crippen LogP contribution < -0.4 is 0 Å². The molecule has 112 valence electrons. The van der Waals surface area contributed by atoms with Gasteiger partial charge in [0.2, 0.25) is 0 Å². The summed E-state index contributed by atoms with van der Waals surface area (Å²) in [6.07, 6.45) is 2.37. The van der Waals surface area contributed by atoms with E-state index in [1.165, 1.54) is 20.5 Å². The van der Waals surface area contributed by atoms with Crippen molar-refractivity contribution < 1.29 is 18.7 Å². The van der Waals surface area contributed by atoms with Crippen LogP contribution in [0.25, 0.3) is 16.5 Å². The molecule has 2 aromatic rings. The van der Waals surface area contributed by atoms with Crippen LogP contribution in [0.2, 0.25) is 0 Å². The average molecular weight is 288 g/mol. The van der Waals surface area contributed by atoms with Gasteiger partial charge in [-0.25, -0.2) is 4.79 Å². The lowest BCUT2D eigenvalue weighted by Crippen LogP contribution is -2.04. The Morgan fingerprint density at radius 1 is 1.38 bits per heavy atom. The molecule has 0 amide bonds. The molecule has 0 N–H and O–H groups in total.